The monoisotopic (exact) mass is 400 g/mol. The van der Waals surface area contributed by atoms with Crippen molar-refractivity contribution in [1.29, 1.82) is 0 Å². The number of thioether (sulfide) groups is 1. The van der Waals surface area contributed by atoms with E-state index in [9.17, 15) is 4.79 Å². The smallest absolute Gasteiger partial charge is 0.319 e. The normalized spacial score (nSPS) is 15.2. The molecule has 2 N–H and O–H groups in total. The minimum Gasteiger partial charge on any atom is -0.379 e. The molecule has 2 amide bonds. The SMILES string of the molecule is CC(C)(CNC(=O)Nc1cccc(CSc2ccccn2)c1)N1CCOCC1. The van der Waals surface area contributed by atoms with Gasteiger partial charge < -0.3 is 15.4 Å². The van der Waals surface area contributed by atoms with Gasteiger partial charge in [0, 0.05) is 42.8 Å². The predicted molar refractivity (Wildman–Crippen MR) is 114 cm³/mol. The molecule has 1 saturated heterocycles. The second kappa shape index (κ2) is 9.91. The molecule has 0 saturated carbocycles. The van der Waals surface area contributed by atoms with E-state index in [1.54, 1.807) is 18.0 Å². The summed E-state index contributed by atoms with van der Waals surface area (Å²) in [6.07, 6.45) is 1.79. The lowest BCUT2D eigenvalue weighted by Crippen LogP contribution is -2.55. The highest BCUT2D eigenvalue weighted by Crippen LogP contribution is 2.22. The zero-order valence-electron chi connectivity index (χ0n) is 16.5. The number of rotatable bonds is 7. The van der Waals surface area contributed by atoms with Gasteiger partial charge in [0.2, 0.25) is 0 Å². The van der Waals surface area contributed by atoms with Crippen LogP contribution in [0.2, 0.25) is 0 Å². The molecule has 0 bridgehead atoms. The number of nitrogens with one attached hydrogen (secondary N) is 2. The first-order valence-electron chi connectivity index (χ1n) is 9.53. The van der Waals surface area contributed by atoms with Gasteiger partial charge >= 0.3 is 6.03 Å². The maximum absolute atomic E-state index is 12.4. The van der Waals surface area contributed by atoms with Gasteiger partial charge in [-0.1, -0.05) is 18.2 Å². The number of carbonyl (C=O) groups is 1. The molecule has 0 radical (unpaired) electrons. The van der Waals surface area contributed by atoms with Crippen LogP contribution in [0.15, 0.2) is 53.7 Å². The Bertz CT molecular complexity index is 764. The number of aromatic nitrogens is 1. The number of carbonyl (C=O) groups excluding carboxylic acids is 1. The van der Waals surface area contributed by atoms with Gasteiger partial charge in [0.15, 0.2) is 0 Å². The van der Waals surface area contributed by atoms with E-state index < -0.39 is 0 Å². The van der Waals surface area contributed by atoms with E-state index in [4.69, 9.17) is 4.74 Å². The van der Waals surface area contributed by atoms with E-state index >= 15 is 0 Å². The lowest BCUT2D eigenvalue weighted by molar-refractivity contribution is -0.00863. The summed E-state index contributed by atoms with van der Waals surface area (Å²) in [4.78, 5) is 19.0. The third kappa shape index (κ3) is 6.22. The van der Waals surface area contributed by atoms with Gasteiger partial charge in [-0.05, 0) is 43.7 Å². The van der Waals surface area contributed by atoms with Crippen LogP contribution in [0, 0.1) is 0 Å². The van der Waals surface area contributed by atoms with Crippen molar-refractivity contribution in [2.24, 2.45) is 0 Å². The van der Waals surface area contributed by atoms with Gasteiger partial charge in [-0.2, -0.15) is 0 Å². The van der Waals surface area contributed by atoms with Crippen molar-refractivity contribution in [2.75, 3.05) is 38.2 Å². The summed E-state index contributed by atoms with van der Waals surface area (Å²) in [6.45, 7) is 8.16. The predicted octanol–water partition coefficient (Wildman–Crippen LogP) is 3.61. The van der Waals surface area contributed by atoms with Crippen molar-refractivity contribution in [2.45, 2.75) is 30.2 Å². The van der Waals surface area contributed by atoms with E-state index in [0.29, 0.717) is 6.54 Å². The Kier molecular flexibility index (Phi) is 7.30. The Hall–Kier alpha value is -2.09. The van der Waals surface area contributed by atoms with Gasteiger partial charge in [-0.25, -0.2) is 9.78 Å². The van der Waals surface area contributed by atoms with Crippen molar-refractivity contribution in [3.8, 4) is 0 Å². The van der Waals surface area contributed by atoms with Crippen LogP contribution in [-0.4, -0.2) is 54.3 Å². The molecule has 28 heavy (non-hydrogen) atoms. The molecule has 6 nitrogen and oxygen atoms in total. The lowest BCUT2D eigenvalue weighted by atomic mass is 10.0. The molecule has 2 heterocycles. The summed E-state index contributed by atoms with van der Waals surface area (Å²) in [6, 6.07) is 13.6. The molecule has 3 rings (SSSR count). The average Bonchev–Trinajstić information content (AvgIpc) is 2.73. The number of anilines is 1. The first-order chi connectivity index (χ1) is 13.5. The first-order valence-corrected chi connectivity index (χ1v) is 10.5. The van der Waals surface area contributed by atoms with Gasteiger partial charge in [-0.3, -0.25) is 4.90 Å². The fourth-order valence-corrected chi connectivity index (χ4v) is 3.89. The number of pyridine rings is 1. The molecule has 0 unspecified atom stereocenters. The van der Waals surface area contributed by atoms with E-state index in [1.165, 1.54) is 0 Å². The van der Waals surface area contributed by atoms with Gasteiger partial charge in [0.1, 0.15) is 0 Å². The van der Waals surface area contributed by atoms with Crippen LogP contribution >= 0.6 is 11.8 Å². The molecule has 7 heteroatoms. The van der Waals surface area contributed by atoms with Crippen molar-refractivity contribution in [3.63, 3.8) is 0 Å². The number of hydrogen-bond donors (Lipinski definition) is 2. The standard InChI is InChI=1S/C21H28N4O2S/c1-21(2,25-10-12-27-13-11-25)16-23-20(26)24-18-7-5-6-17(14-18)15-28-19-8-3-4-9-22-19/h3-9,14H,10-13,15-16H2,1-2H3,(H2,23,24,26). The fraction of sp³-hybridized carbons (Fsp3) is 0.429. The second-order valence-electron chi connectivity index (χ2n) is 7.38. The zero-order chi connectivity index (χ0) is 19.8. The molecule has 0 spiro atoms. The van der Waals surface area contributed by atoms with Crippen LogP contribution in [0.5, 0.6) is 0 Å². The Labute approximate surface area is 171 Å². The van der Waals surface area contributed by atoms with Gasteiger partial charge in [-0.15, -0.1) is 11.8 Å². The first kappa shape index (κ1) is 20.6. The van der Waals surface area contributed by atoms with Crippen LogP contribution in [0.3, 0.4) is 0 Å². The number of urea groups is 1. The number of benzene rings is 1. The van der Waals surface area contributed by atoms with Crippen LogP contribution in [-0.2, 0) is 10.5 Å². The van der Waals surface area contributed by atoms with Crippen LogP contribution < -0.4 is 10.6 Å². The molecule has 2 aromatic rings. The molecular weight excluding hydrogens is 372 g/mol. The summed E-state index contributed by atoms with van der Waals surface area (Å²) in [5.74, 6) is 0.804. The highest BCUT2D eigenvalue weighted by Gasteiger charge is 2.28. The van der Waals surface area contributed by atoms with Crippen molar-refractivity contribution < 1.29 is 9.53 Å². The molecule has 1 aromatic heterocycles. The minimum absolute atomic E-state index is 0.109. The topological polar surface area (TPSA) is 66.5 Å². The Morgan fingerprint density at radius 3 is 2.79 bits per heavy atom. The Morgan fingerprint density at radius 1 is 1.21 bits per heavy atom. The van der Waals surface area contributed by atoms with Crippen molar-refractivity contribution in [3.05, 3.63) is 54.2 Å². The molecule has 0 atom stereocenters. The summed E-state index contributed by atoms with van der Waals surface area (Å²) in [7, 11) is 0. The van der Waals surface area contributed by atoms with Gasteiger partial charge in [0.05, 0.1) is 18.2 Å². The van der Waals surface area contributed by atoms with E-state index in [0.717, 1.165) is 48.3 Å². The third-order valence-electron chi connectivity index (χ3n) is 4.76. The summed E-state index contributed by atoms with van der Waals surface area (Å²) < 4.78 is 5.41. The van der Waals surface area contributed by atoms with Gasteiger partial charge in [0.25, 0.3) is 0 Å². The lowest BCUT2D eigenvalue weighted by Gasteiger charge is -2.40. The maximum Gasteiger partial charge on any atom is 0.319 e. The summed E-state index contributed by atoms with van der Waals surface area (Å²) in [5.41, 5.74) is 1.82. The number of ether oxygens (including phenoxy) is 1. The number of amides is 2. The van der Waals surface area contributed by atoms with Crippen LogP contribution in [0.4, 0.5) is 10.5 Å². The van der Waals surface area contributed by atoms with Crippen LogP contribution in [0.1, 0.15) is 19.4 Å². The van der Waals surface area contributed by atoms with Crippen LogP contribution in [0.25, 0.3) is 0 Å². The average molecular weight is 401 g/mol. The Balaban J connectivity index is 1.48. The number of hydrogen-bond acceptors (Lipinski definition) is 5. The summed E-state index contributed by atoms with van der Waals surface area (Å²) >= 11 is 1.68. The molecular formula is C21H28N4O2S. The highest BCUT2D eigenvalue weighted by molar-refractivity contribution is 7.98. The molecule has 1 aliphatic heterocycles. The van der Waals surface area contributed by atoms with E-state index in [1.807, 2.05) is 36.4 Å². The molecule has 1 aromatic carbocycles. The molecule has 1 aliphatic rings. The third-order valence-corrected chi connectivity index (χ3v) is 5.77. The summed E-state index contributed by atoms with van der Waals surface area (Å²) in [5, 5.41) is 6.93. The Morgan fingerprint density at radius 2 is 2.04 bits per heavy atom. The molecule has 1 fully saturated rings. The number of morpholine rings is 1. The quantitative estimate of drug-likeness (QED) is 0.695. The van der Waals surface area contributed by atoms with Crippen molar-refractivity contribution >= 4 is 23.5 Å². The minimum atomic E-state index is -0.184. The molecule has 0 aliphatic carbocycles. The van der Waals surface area contributed by atoms with E-state index in [-0.39, 0.29) is 11.6 Å². The second-order valence-corrected chi connectivity index (χ2v) is 8.37. The number of nitrogens with zero attached hydrogens (tertiary/aromatic N) is 2. The largest absolute Gasteiger partial charge is 0.379 e. The zero-order valence-corrected chi connectivity index (χ0v) is 17.3. The highest BCUT2D eigenvalue weighted by atomic mass is 32.2. The molecule has 150 valence electrons. The fourth-order valence-electron chi connectivity index (χ4n) is 3.08. The maximum atomic E-state index is 12.4. The van der Waals surface area contributed by atoms with E-state index in [2.05, 4.69) is 40.4 Å². The van der Waals surface area contributed by atoms with Crippen molar-refractivity contribution in [1.82, 2.24) is 15.2 Å².